The summed E-state index contributed by atoms with van der Waals surface area (Å²) in [6.07, 6.45) is 6.72. The predicted octanol–water partition coefficient (Wildman–Crippen LogP) is 3.77. The van der Waals surface area contributed by atoms with Crippen LogP contribution in [0.4, 0.5) is 22.2 Å². The van der Waals surface area contributed by atoms with E-state index in [0.717, 1.165) is 34.3 Å². The summed E-state index contributed by atoms with van der Waals surface area (Å²) >= 11 is 0. The monoisotopic (exact) mass is 439 g/mol. The van der Waals surface area contributed by atoms with Crippen molar-refractivity contribution >= 4 is 34.3 Å². The van der Waals surface area contributed by atoms with Gasteiger partial charge in [-0.25, -0.2) is 19.7 Å². The van der Waals surface area contributed by atoms with Crippen LogP contribution >= 0.6 is 0 Å². The summed E-state index contributed by atoms with van der Waals surface area (Å²) in [4.78, 5) is 33.1. The van der Waals surface area contributed by atoms with E-state index in [4.69, 9.17) is 4.98 Å². The molecule has 2 fully saturated rings. The number of aromatic nitrogens is 4. The van der Waals surface area contributed by atoms with E-state index in [-0.39, 0.29) is 12.1 Å². The second kappa shape index (κ2) is 7.70. The van der Waals surface area contributed by atoms with Crippen LogP contribution in [0.3, 0.4) is 0 Å². The first kappa shape index (κ1) is 19.4. The molecule has 2 unspecified atom stereocenters. The van der Waals surface area contributed by atoms with Crippen molar-refractivity contribution in [3.8, 4) is 11.3 Å². The summed E-state index contributed by atoms with van der Waals surface area (Å²) in [5, 5.41) is 14.7. The van der Waals surface area contributed by atoms with Crippen molar-refractivity contribution in [1.29, 1.82) is 0 Å². The number of rotatable bonds is 4. The smallest absolute Gasteiger partial charge is 0.407 e. The highest BCUT2D eigenvalue weighted by Gasteiger charge is 2.45. The van der Waals surface area contributed by atoms with Gasteiger partial charge in [-0.1, -0.05) is 24.3 Å². The number of carbonyl (C=O) groups is 1. The Balaban J connectivity index is 1.37. The molecule has 164 valence electrons. The minimum atomic E-state index is -0.841. The lowest BCUT2D eigenvalue weighted by atomic mass is 10.0. The average Bonchev–Trinajstić information content (AvgIpc) is 3.46. The Morgan fingerprint density at radius 3 is 2.70 bits per heavy atom. The lowest BCUT2D eigenvalue weighted by Gasteiger charge is -2.33. The highest BCUT2D eigenvalue weighted by atomic mass is 16.4. The van der Waals surface area contributed by atoms with E-state index >= 15 is 0 Å². The first-order chi connectivity index (χ1) is 16.2. The molecule has 33 heavy (non-hydrogen) atoms. The Kier molecular flexibility index (Phi) is 4.53. The van der Waals surface area contributed by atoms with Crippen LogP contribution in [0.25, 0.3) is 22.0 Å². The van der Waals surface area contributed by atoms with Crippen LogP contribution in [0, 0.1) is 0 Å². The summed E-state index contributed by atoms with van der Waals surface area (Å²) in [7, 11) is 0. The van der Waals surface area contributed by atoms with Gasteiger partial charge in [-0.15, -0.1) is 0 Å². The first-order valence-corrected chi connectivity index (χ1v) is 10.8. The molecule has 0 aliphatic carbocycles. The Labute approximate surface area is 189 Å². The summed E-state index contributed by atoms with van der Waals surface area (Å²) in [6.45, 7) is 1.18. The highest BCUT2D eigenvalue weighted by Crippen LogP contribution is 2.36. The second-order valence-corrected chi connectivity index (χ2v) is 8.33. The highest BCUT2D eigenvalue weighted by molar-refractivity contribution is 5.96. The normalized spacial score (nSPS) is 19.3. The minimum Gasteiger partial charge on any atom is -0.465 e. The molecule has 2 aliphatic rings. The van der Waals surface area contributed by atoms with Crippen LogP contribution < -0.4 is 10.2 Å². The minimum absolute atomic E-state index is 0.0245. The van der Waals surface area contributed by atoms with Crippen LogP contribution in [0.5, 0.6) is 0 Å². The van der Waals surface area contributed by atoms with Crippen molar-refractivity contribution in [2.24, 2.45) is 0 Å². The van der Waals surface area contributed by atoms with Crippen molar-refractivity contribution in [2.45, 2.75) is 18.5 Å². The fraction of sp³-hybridized carbons (Fsp3) is 0.208. The molecule has 0 spiro atoms. The van der Waals surface area contributed by atoms with Gasteiger partial charge in [0.25, 0.3) is 0 Å². The number of anilines is 3. The van der Waals surface area contributed by atoms with Crippen LogP contribution in [0.1, 0.15) is 6.42 Å². The molecule has 9 heteroatoms. The van der Waals surface area contributed by atoms with Gasteiger partial charge in [0.15, 0.2) is 0 Å². The van der Waals surface area contributed by atoms with E-state index in [9.17, 15) is 9.90 Å². The van der Waals surface area contributed by atoms with E-state index in [0.29, 0.717) is 24.7 Å². The molecule has 2 aliphatic heterocycles. The number of hydrogen-bond donors (Lipinski definition) is 2. The maximum absolute atomic E-state index is 11.4. The van der Waals surface area contributed by atoms with Crippen molar-refractivity contribution in [1.82, 2.24) is 24.8 Å². The Morgan fingerprint density at radius 1 is 1.00 bits per heavy atom. The van der Waals surface area contributed by atoms with Crippen molar-refractivity contribution in [3.05, 3.63) is 67.3 Å². The van der Waals surface area contributed by atoms with Crippen molar-refractivity contribution in [2.75, 3.05) is 23.3 Å². The molecule has 2 saturated heterocycles. The number of fused-ring (bicyclic) bond motifs is 3. The largest absolute Gasteiger partial charge is 0.465 e. The maximum Gasteiger partial charge on any atom is 0.407 e. The molecule has 0 radical (unpaired) electrons. The molecular formula is C24H21N7O2. The van der Waals surface area contributed by atoms with E-state index in [1.807, 2.05) is 30.3 Å². The summed E-state index contributed by atoms with van der Waals surface area (Å²) in [5.74, 6) is 2.15. The van der Waals surface area contributed by atoms with Crippen molar-refractivity contribution in [3.63, 3.8) is 0 Å². The number of piperazine rings is 1. The molecule has 2 bridgehead atoms. The number of nitrogens with zero attached hydrogens (tertiary/aromatic N) is 6. The third-order valence-corrected chi connectivity index (χ3v) is 6.36. The van der Waals surface area contributed by atoms with Gasteiger partial charge in [-0.05, 0) is 30.0 Å². The van der Waals surface area contributed by atoms with Gasteiger partial charge in [-0.2, -0.15) is 0 Å². The Morgan fingerprint density at radius 2 is 1.91 bits per heavy atom. The average molecular weight is 439 g/mol. The van der Waals surface area contributed by atoms with Crippen LogP contribution in [-0.2, 0) is 0 Å². The summed E-state index contributed by atoms with van der Waals surface area (Å²) < 4.78 is 0. The van der Waals surface area contributed by atoms with E-state index in [1.54, 1.807) is 29.7 Å². The lowest BCUT2D eigenvalue weighted by molar-refractivity contribution is 0.137. The molecule has 4 aromatic rings. The van der Waals surface area contributed by atoms with Crippen LogP contribution in [0.2, 0.25) is 0 Å². The fourth-order valence-corrected chi connectivity index (χ4v) is 4.88. The zero-order valence-electron chi connectivity index (χ0n) is 17.7. The Bertz CT molecular complexity index is 1350. The first-order valence-electron chi connectivity index (χ1n) is 10.8. The van der Waals surface area contributed by atoms with Crippen LogP contribution in [-0.4, -0.2) is 61.2 Å². The van der Waals surface area contributed by atoms with Gasteiger partial charge in [0.2, 0.25) is 0 Å². The number of hydrogen-bond acceptors (Lipinski definition) is 7. The van der Waals surface area contributed by atoms with Gasteiger partial charge in [0.05, 0.1) is 24.0 Å². The molecule has 1 aromatic carbocycles. The van der Waals surface area contributed by atoms with Gasteiger partial charge >= 0.3 is 6.09 Å². The number of benzene rings is 1. The third kappa shape index (κ3) is 3.47. The van der Waals surface area contributed by atoms with E-state index in [2.05, 4.69) is 37.3 Å². The summed E-state index contributed by atoms with van der Waals surface area (Å²) in [6, 6.07) is 14.3. The molecule has 0 saturated carbocycles. The Hall–Kier alpha value is -4.27. The molecule has 5 heterocycles. The van der Waals surface area contributed by atoms with Gasteiger partial charge in [0, 0.05) is 42.6 Å². The molecule has 1 amide bonds. The zero-order chi connectivity index (χ0) is 22.4. The molecular weight excluding hydrogens is 418 g/mol. The van der Waals surface area contributed by atoms with E-state index in [1.165, 1.54) is 0 Å². The zero-order valence-corrected chi connectivity index (χ0v) is 17.7. The maximum atomic E-state index is 11.4. The van der Waals surface area contributed by atoms with Gasteiger partial charge in [0.1, 0.15) is 17.5 Å². The number of likely N-dealkylation sites (tertiary alicyclic amines) is 1. The fourth-order valence-electron chi connectivity index (χ4n) is 4.88. The molecule has 2 atom stereocenters. The molecule has 6 rings (SSSR count). The predicted molar refractivity (Wildman–Crippen MR) is 125 cm³/mol. The quantitative estimate of drug-likeness (QED) is 0.495. The van der Waals surface area contributed by atoms with Gasteiger partial charge in [-0.3, -0.25) is 4.98 Å². The summed E-state index contributed by atoms with van der Waals surface area (Å²) in [5.41, 5.74) is 1.80. The van der Waals surface area contributed by atoms with Gasteiger partial charge < -0.3 is 20.2 Å². The van der Waals surface area contributed by atoms with Crippen LogP contribution in [0.15, 0.2) is 67.3 Å². The van der Waals surface area contributed by atoms with E-state index < -0.39 is 6.09 Å². The SMILES string of the molecule is O=C(O)N1CC2CC1CN2c1cc(-c2nc(Nc3cnccn3)cc3ccccc23)ccn1. The second-order valence-electron chi connectivity index (χ2n) is 8.33. The molecule has 2 N–H and O–H groups in total. The molecule has 9 nitrogen and oxygen atoms in total. The number of amides is 1. The standard InChI is InChI=1S/C24H21N7O2/c32-24(33)31-14-17-11-18(31)13-30(17)22-10-16(5-6-27-22)23-19-4-2-1-3-15(19)9-20(29-23)28-21-12-25-7-8-26-21/h1-10,12,17-18H,11,13-14H2,(H,32,33)(H,26,28,29). The molecule has 3 aromatic heterocycles. The lowest BCUT2D eigenvalue weighted by Crippen LogP contribution is -2.48. The topological polar surface area (TPSA) is 107 Å². The van der Waals surface area contributed by atoms with Crippen molar-refractivity contribution < 1.29 is 9.90 Å². The number of pyridine rings is 2. The number of carboxylic acid groups (broad SMARTS) is 1. The third-order valence-electron chi connectivity index (χ3n) is 6.36. The number of nitrogens with one attached hydrogen (secondary N) is 1.